The number of phenolic OH excluding ortho intramolecular Hbond substituents is 1. The van der Waals surface area contributed by atoms with Crippen LogP contribution in [-0.4, -0.2) is 43.0 Å². The SMILES string of the molecule is CCCCC[C@@H](C)NC(=O)CSc1nnnn1-c1ccc(O)cc1. The molecular formula is C16H23N5O2S. The molecule has 0 aliphatic rings. The lowest BCUT2D eigenvalue weighted by Gasteiger charge is -2.13. The Hall–Kier alpha value is -2.09. The van der Waals surface area contributed by atoms with Gasteiger partial charge in [-0.3, -0.25) is 4.79 Å². The van der Waals surface area contributed by atoms with Gasteiger partial charge in [-0.25, -0.2) is 0 Å². The number of unbranched alkanes of at least 4 members (excludes halogenated alkanes) is 2. The third kappa shape index (κ3) is 5.52. The number of phenols is 1. The summed E-state index contributed by atoms with van der Waals surface area (Å²) in [5.74, 6) is 0.415. The normalized spacial score (nSPS) is 12.1. The van der Waals surface area contributed by atoms with Crippen molar-refractivity contribution in [1.29, 1.82) is 0 Å². The number of aromatic nitrogens is 4. The zero-order chi connectivity index (χ0) is 17.4. The monoisotopic (exact) mass is 349 g/mol. The minimum atomic E-state index is -0.0238. The fourth-order valence-corrected chi connectivity index (χ4v) is 2.95. The minimum absolute atomic E-state index is 0.0238. The van der Waals surface area contributed by atoms with Crippen LogP contribution in [0.1, 0.15) is 39.5 Å². The number of carbonyl (C=O) groups is 1. The van der Waals surface area contributed by atoms with E-state index >= 15 is 0 Å². The van der Waals surface area contributed by atoms with E-state index in [0.717, 1.165) is 18.5 Å². The Labute approximate surface area is 145 Å². The van der Waals surface area contributed by atoms with E-state index in [0.29, 0.717) is 5.16 Å². The molecule has 0 bridgehead atoms. The van der Waals surface area contributed by atoms with Gasteiger partial charge in [0, 0.05) is 6.04 Å². The maximum Gasteiger partial charge on any atom is 0.230 e. The minimum Gasteiger partial charge on any atom is -0.508 e. The fraction of sp³-hybridized carbons (Fsp3) is 0.500. The Morgan fingerprint density at radius 3 is 2.79 bits per heavy atom. The number of hydrogen-bond acceptors (Lipinski definition) is 6. The van der Waals surface area contributed by atoms with Crippen molar-refractivity contribution < 1.29 is 9.90 Å². The van der Waals surface area contributed by atoms with Gasteiger partial charge >= 0.3 is 0 Å². The van der Waals surface area contributed by atoms with E-state index in [9.17, 15) is 9.90 Å². The summed E-state index contributed by atoms with van der Waals surface area (Å²) in [7, 11) is 0. The van der Waals surface area contributed by atoms with Crippen molar-refractivity contribution in [1.82, 2.24) is 25.5 Å². The molecule has 0 aliphatic heterocycles. The molecule has 7 nitrogen and oxygen atoms in total. The highest BCUT2D eigenvalue weighted by molar-refractivity contribution is 7.99. The van der Waals surface area contributed by atoms with Crippen molar-refractivity contribution in [3.63, 3.8) is 0 Å². The zero-order valence-corrected chi connectivity index (χ0v) is 14.8. The molecule has 0 radical (unpaired) electrons. The summed E-state index contributed by atoms with van der Waals surface area (Å²) in [6.45, 7) is 4.19. The first-order valence-corrected chi connectivity index (χ1v) is 9.08. The van der Waals surface area contributed by atoms with Gasteiger partial charge in [-0.1, -0.05) is 37.9 Å². The lowest BCUT2D eigenvalue weighted by atomic mass is 10.1. The van der Waals surface area contributed by atoms with Crippen molar-refractivity contribution >= 4 is 17.7 Å². The molecule has 0 saturated carbocycles. The second-order valence-electron chi connectivity index (χ2n) is 5.64. The standard InChI is InChI=1S/C16H23N5O2S/c1-3-4-5-6-12(2)17-15(23)11-24-16-18-19-20-21(16)13-7-9-14(22)10-8-13/h7-10,12,22H,3-6,11H2,1-2H3,(H,17,23)/t12-/m1/s1. The van der Waals surface area contributed by atoms with Gasteiger partial charge in [-0.15, -0.1) is 5.10 Å². The number of tetrazole rings is 1. The van der Waals surface area contributed by atoms with Gasteiger partial charge in [-0.05, 0) is 48.0 Å². The van der Waals surface area contributed by atoms with E-state index in [2.05, 4.69) is 27.8 Å². The number of carbonyl (C=O) groups excluding carboxylic acids is 1. The summed E-state index contributed by atoms with van der Waals surface area (Å²) in [4.78, 5) is 12.0. The predicted octanol–water partition coefficient (Wildman–Crippen LogP) is 2.55. The lowest BCUT2D eigenvalue weighted by Crippen LogP contribution is -2.33. The van der Waals surface area contributed by atoms with Crippen LogP contribution in [0.5, 0.6) is 5.75 Å². The van der Waals surface area contributed by atoms with Crippen molar-refractivity contribution in [2.75, 3.05) is 5.75 Å². The third-order valence-electron chi connectivity index (χ3n) is 3.52. The number of benzene rings is 1. The topological polar surface area (TPSA) is 92.9 Å². The molecule has 8 heteroatoms. The smallest absolute Gasteiger partial charge is 0.230 e. The van der Waals surface area contributed by atoms with Crippen LogP contribution in [0.3, 0.4) is 0 Å². The van der Waals surface area contributed by atoms with E-state index in [1.165, 1.54) is 24.6 Å². The molecule has 2 aromatic rings. The Bertz CT molecular complexity index is 644. The molecular weight excluding hydrogens is 326 g/mol. The average Bonchev–Trinajstić information content (AvgIpc) is 3.02. The van der Waals surface area contributed by atoms with Crippen LogP contribution in [0.4, 0.5) is 0 Å². The molecule has 1 amide bonds. The second-order valence-corrected chi connectivity index (χ2v) is 6.59. The van der Waals surface area contributed by atoms with Crippen LogP contribution < -0.4 is 5.32 Å². The summed E-state index contributed by atoms with van der Waals surface area (Å²) in [6, 6.07) is 6.74. The van der Waals surface area contributed by atoms with Crippen LogP contribution in [0.25, 0.3) is 5.69 Å². The molecule has 1 heterocycles. The van der Waals surface area contributed by atoms with E-state index in [4.69, 9.17) is 0 Å². The maximum atomic E-state index is 12.0. The molecule has 0 saturated heterocycles. The van der Waals surface area contributed by atoms with Gasteiger partial charge in [0.2, 0.25) is 11.1 Å². The van der Waals surface area contributed by atoms with Crippen molar-refractivity contribution in [2.24, 2.45) is 0 Å². The van der Waals surface area contributed by atoms with Crippen LogP contribution in [0.15, 0.2) is 29.4 Å². The first-order chi connectivity index (χ1) is 11.6. The van der Waals surface area contributed by atoms with E-state index in [1.54, 1.807) is 28.9 Å². The highest BCUT2D eigenvalue weighted by Crippen LogP contribution is 2.19. The Morgan fingerprint density at radius 1 is 1.33 bits per heavy atom. The molecule has 2 rings (SSSR count). The van der Waals surface area contributed by atoms with Crippen molar-refractivity contribution in [3.05, 3.63) is 24.3 Å². The molecule has 2 N–H and O–H groups in total. The average molecular weight is 349 g/mol. The van der Waals surface area contributed by atoms with Gasteiger partial charge < -0.3 is 10.4 Å². The quantitative estimate of drug-likeness (QED) is 0.534. The second kappa shape index (κ2) is 9.27. The first-order valence-electron chi connectivity index (χ1n) is 8.10. The molecule has 130 valence electrons. The lowest BCUT2D eigenvalue weighted by molar-refractivity contribution is -0.119. The van der Waals surface area contributed by atoms with Crippen LogP contribution >= 0.6 is 11.8 Å². The van der Waals surface area contributed by atoms with Crippen LogP contribution in [-0.2, 0) is 4.79 Å². The largest absolute Gasteiger partial charge is 0.508 e. The van der Waals surface area contributed by atoms with Gasteiger partial charge in [0.05, 0.1) is 11.4 Å². The molecule has 1 atom stereocenters. The summed E-state index contributed by atoms with van der Waals surface area (Å²) >= 11 is 1.28. The number of aromatic hydroxyl groups is 1. The Kier molecular flexibility index (Phi) is 7.05. The van der Waals surface area contributed by atoms with Gasteiger partial charge in [0.15, 0.2) is 0 Å². The molecule has 0 unspecified atom stereocenters. The molecule has 1 aromatic heterocycles. The fourth-order valence-electron chi connectivity index (χ4n) is 2.24. The van der Waals surface area contributed by atoms with E-state index in [-0.39, 0.29) is 23.5 Å². The third-order valence-corrected chi connectivity index (χ3v) is 4.43. The first kappa shape index (κ1) is 18.3. The molecule has 1 aromatic carbocycles. The maximum absolute atomic E-state index is 12.0. The number of thioether (sulfide) groups is 1. The van der Waals surface area contributed by atoms with Crippen LogP contribution in [0, 0.1) is 0 Å². The van der Waals surface area contributed by atoms with E-state index < -0.39 is 0 Å². The predicted molar refractivity (Wildman–Crippen MR) is 93.3 cm³/mol. The van der Waals surface area contributed by atoms with Crippen LogP contribution in [0.2, 0.25) is 0 Å². The number of nitrogens with one attached hydrogen (secondary N) is 1. The van der Waals surface area contributed by atoms with Gasteiger partial charge in [0.25, 0.3) is 0 Å². The number of nitrogens with zero attached hydrogens (tertiary/aromatic N) is 4. The highest BCUT2D eigenvalue weighted by Gasteiger charge is 2.13. The molecule has 0 fully saturated rings. The summed E-state index contributed by atoms with van der Waals surface area (Å²) in [5, 5.41) is 24.4. The molecule has 0 aliphatic carbocycles. The zero-order valence-electron chi connectivity index (χ0n) is 14.0. The Balaban J connectivity index is 1.85. The van der Waals surface area contributed by atoms with Gasteiger partial charge in [-0.2, -0.15) is 4.68 Å². The summed E-state index contributed by atoms with van der Waals surface area (Å²) in [5.41, 5.74) is 0.730. The number of rotatable bonds is 9. The molecule has 0 spiro atoms. The number of amides is 1. The Morgan fingerprint density at radius 2 is 2.08 bits per heavy atom. The van der Waals surface area contributed by atoms with E-state index in [1.807, 2.05) is 6.92 Å². The summed E-state index contributed by atoms with van der Waals surface area (Å²) < 4.78 is 1.54. The van der Waals surface area contributed by atoms with Gasteiger partial charge in [0.1, 0.15) is 5.75 Å². The highest BCUT2D eigenvalue weighted by atomic mass is 32.2. The molecule has 24 heavy (non-hydrogen) atoms. The summed E-state index contributed by atoms with van der Waals surface area (Å²) in [6.07, 6.45) is 4.49. The van der Waals surface area contributed by atoms with Crippen molar-refractivity contribution in [2.45, 2.75) is 50.7 Å². The number of hydrogen-bond donors (Lipinski definition) is 2. The van der Waals surface area contributed by atoms with Crippen molar-refractivity contribution in [3.8, 4) is 11.4 Å².